The van der Waals surface area contributed by atoms with Gasteiger partial charge >= 0.3 is 0 Å². The molecule has 1 amide bonds. The molecule has 5 rings (SSSR count). The van der Waals surface area contributed by atoms with Gasteiger partial charge in [-0.05, 0) is 37.5 Å². The summed E-state index contributed by atoms with van der Waals surface area (Å²) < 4.78 is 0. The van der Waals surface area contributed by atoms with Crippen molar-refractivity contribution in [1.29, 1.82) is 0 Å². The highest BCUT2D eigenvalue weighted by Crippen LogP contribution is 2.39. The minimum Gasteiger partial charge on any atom is -0.331 e. The molecule has 0 bridgehead atoms. The summed E-state index contributed by atoms with van der Waals surface area (Å²) in [7, 11) is 0. The van der Waals surface area contributed by atoms with E-state index in [0.29, 0.717) is 53.9 Å². The Bertz CT molecular complexity index is 1070. The number of carbonyl (C=O) groups excluding carboxylic acids is 1. The van der Waals surface area contributed by atoms with Crippen molar-refractivity contribution in [3.8, 4) is 11.5 Å². The maximum absolute atomic E-state index is 12.8. The summed E-state index contributed by atoms with van der Waals surface area (Å²) in [6, 6.07) is 7.28. The molecule has 2 aliphatic rings. The van der Waals surface area contributed by atoms with Crippen LogP contribution >= 0.6 is 0 Å². The average molecular weight is 362 g/mol. The van der Waals surface area contributed by atoms with Gasteiger partial charge in [-0.1, -0.05) is 6.07 Å². The Morgan fingerprint density at radius 1 is 1.26 bits per heavy atom. The molecule has 8 heteroatoms. The first kappa shape index (κ1) is 15.9. The zero-order valence-corrected chi connectivity index (χ0v) is 14.6. The third-order valence-electron chi connectivity index (χ3n) is 5.10. The van der Waals surface area contributed by atoms with Crippen molar-refractivity contribution in [2.75, 3.05) is 6.54 Å². The number of aromatic amines is 2. The number of hydrogen-bond donors (Lipinski definition) is 2. The molecule has 4 heterocycles. The molecule has 0 radical (unpaired) electrons. The van der Waals surface area contributed by atoms with Gasteiger partial charge < -0.3 is 9.88 Å². The van der Waals surface area contributed by atoms with Crippen molar-refractivity contribution in [2.24, 2.45) is 0 Å². The second-order valence-electron chi connectivity index (χ2n) is 7.01. The van der Waals surface area contributed by atoms with Crippen molar-refractivity contribution < 1.29 is 4.79 Å². The number of hydrogen-bond acceptors (Lipinski definition) is 5. The molecule has 0 spiro atoms. The first-order valence-corrected chi connectivity index (χ1v) is 9.07. The van der Waals surface area contributed by atoms with Crippen LogP contribution in [-0.2, 0) is 13.0 Å². The van der Waals surface area contributed by atoms with Crippen LogP contribution in [0.4, 0.5) is 0 Å². The van der Waals surface area contributed by atoms with Crippen molar-refractivity contribution in [1.82, 2.24) is 30.0 Å². The molecule has 3 aromatic heterocycles. The second-order valence-corrected chi connectivity index (χ2v) is 7.01. The number of H-pyrrole nitrogens is 2. The highest BCUT2D eigenvalue weighted by molar-refractivity contribution is 5.92. The van der Waals surface area contributed by atoms with Crippen LogP contribution < -0.4 is 5.56 Å². The third-order valence-corrected chi connectivity index (χ3v) is 5.10. The Morgan fingerprint density at radius 3 is 2.93 bits per heavy atom. The molecule has 136 valence electrons. The smallest absolute Gasteiger partial charge is 0.274 e. The van der Waals surface area contributed by atoms with Crippen molar-refractivity contribution in [2.45, 2.75) is 31.7 Å². The SMILES string of the molecule is O=C(c1cc(C2CC2)[nH]n1)N1CCc2c(nc(-c3ccccn3)[nH]c2=O)C1. The number of fused-ring (bicyclic) bond motifs is 1. The van der Waals surface area contributed by atoms with E-state index >= 15 is 0 Å². The molecular weight excluding hydrogens is 344 g/mol. The quantitative estimate of drug-likeness (QED) is 0.736. The highest BCUT2D eigenvalue weighted by Gasteiger charge is 2.29. The fourth-order valence-corrected chi connectivity index (χ4v) is 3.45. The van der Waals surface area contributed by atoms with Gasteiger partial charge in [-0.15, -0.1) is 0 Å². The standard InChI is InChI=1S/C19H18N6O2/c26-18-12-6-8-25(19(27)15-9-14(23-24-15)11-4-5-11)10-16(12)21-17(22-18)13-3-1-2-7-20-13/h1-3,7,9,11H,4-6,8,10H2,(H,23,24)(H,21,22,26). The lowest BCUT2D eigenvalue weighted by Crippen LogP contribution is -2.39. The zero-order chi connectivity index (χ0) is 18.4. The second kappa shape index (κ2) is 6.15. The lowest BCUT2D eigenvalue weighted by atomic mass is 10.1. The summed E-state index contributed by atoms with van der Waals surface area (Å²) in [5.41, 5.74) is 3.15. The van der Waals surface area contributed by atoms with Crippen LogP contribution in [0.15, 0.2) is 35.3 Å². The fraction of sp³-hybridized carbons (Fsp3) is 0.316. The van der Waals surface area contributed by atoms with Gasteiger partial charge in [0.1, 0.15) is 11.4 Å². The minimum atomic E-state index is -0.163. The molecule has 1 aliphatic carbocycles. The van der Waals surface area contributed by atoms with E-state index in [2.05, 4.69) is 25.1 Å². The van der Waals surface area contributed by atoms with Gasteiger partial charge in [0.2, 0.25) is 0 Å². The molecule has 1 fully saturated rings. The summed E-state index contributed by atoms with van der Waals surface area (Å²) in [5.74, 6) is 0.803. The fourth-order valence-electron chi connectivity index (χ4n) is 3.45. The van der Waals surface area contributed by atoms with Gasteiger partial charge in [-0.2, -0.15) is 5.10 Å². The number of nitrogens with zero attached hydrogens (tertiary/aromatic N) is 4. The van der Waals surface area contributed by atoms with Crippen LogP contribution in [0.2, 0.25) is 0 Å². The molecule has 8 nitrogen and oxygen atoms in total. The molecule has 3 aromatic rings. The van der Waals surface area contributed by atoms with E-state index in [0.717, 1.165) is 18.5 Å². The number of aromatic nitrogens is 5. The Hall–Kier alpha value is -3.29. The number of pyridine rings is 1. The molecule has 1 saturated carbocycles. The summed E-state index contributed by atoms with van der Waals surface area (Å²) in [4.78, 5) is 38.6. The Balaban J connectivity index is 1.43. The van der Waals surface area contributed by atoms with Crippen LogP contribution in [0.1, 0.15) is 46.2 Å². The van der Waals surface area contributed by atoms with Gasteiger partial charge in [-0.3, -0.25) is 19.7 Å². The van der Waals surface area contributed by atoms with Crippen molar-refractivity contribution in [3.05, 3.63) is 63.5 Å². The molecule has 0 saturated heterocycles. The van der Waals surface area contributed by atoms with Crippen LogP contribution in [0, 0.1) is 0 Å². The molecule has 27 heavy (non-hydrogen) atoms. The van der Waals surface area contributed by atoms with Crippen LogP contribution in [0.5, 0.6) is 0 Å². The summed E-state index contributed by atoms with van der Waals surface area (Å²) in [5, 5.41) is 7.15. The van der Waals surface area contributed by atoms with E-state index in [-0.39, 0.29) is 11.5 Å². The normalized spacial score (nSPS) is 16.2. The number of nitrogens with one attached hydrogen (secondary N) is 2. The number of amides is 1. The van der Waals surface area contributed by atoms with Crippen LogP contribution in [0.25, 0.3) is 11.5 Å². The largest absolute Gasteiger partial charge is 0.331 e. The topological polar surface area (TPSA) is 108 Å². The maximum Gasteiger partial charge on any atom is 0.274 e. The number of carbonyl (C=O) groups is 1. The van der Waals surface area contributed by atoms with Gasteiger partial charge in [0.15, 0.2) is 5.82 Å². The molecule has 2 N–H and O–H groups in total. The Kier molecular flexibility index (Phi) is 3.63. The van der Waals surface area contributed by atoms with E-state index in [1.807, 2.05) is 12.1 Å². The minimum absolute atomic E-state index is 0.134. The van der Waals surface area contributed by atoms with Gasteiger partial charge in [-0.25, -0.2) is 4.98 Å². The van der Waals surface area contributed by atoms with E-state index in [1.54, 1.807) is 23.2 Å². The zero-order valence-electron chi connectivity index (χ0n) is 14.6. The molecule has 0 unspecified atom stereocenters. The third kappa shape index (κ3) is 2.92. The van der Waals surface area contributed by atoms with Gasteiger partial charge in [0, 0.05) is 29.9 Å². The monoisotopic (exact) mass is 362 g/mol. The Labute approximate surface area is 154 Å². The highest BCUT2D eigenvalue weighted by atomic mass is 16.2. The molecular formula is C19H18N6O2. The van der Waals surface area contributed by atoms with Crippen molar-refractivity contribution in [3.63, 3.8) is 0 Å². The maximum atomic E-state index is 12.8. The van der Waals surface area contributed by atoms with E-state index in [4.69, 9.17) is 0 Å². The first-order valence-electron chi connectivity index (χ1n) is 9.07. The van der Waals surface area contributed by atoms with Gasteiger partial charge in [0.25, 0.3) is 11.5 Å². The van der Waals surface area contributed by atoms with E-state index in [1.165, 1.54) is 0 Å². The lowest BCUT2D eigenvalue weighted by Gasteiger charge is -2.27. The predicted molar refractivity (Wildman–Crippen MR) is 97.1 cm³/mol. The molecule has 0 aromatic carbocycles. The summed E-state index contributed by atoms with van der Waals surface area (Å²) >= 11 is 0. The lowest BCUT2D eigenvalue weighted by molar-refractivity contribution is 0.0725. The Morgan fingerprint density at radius 2 is 2.15 bits per heavy atom. The van der Waals surface area contributed by atoms with Crippen LogP contribution in [-0.4, -0.2) is 42.5 Å². The predicted octanol–water partition coefficient (Wildman–Crippen LogP) is 1.63. The van der Waals surface area contributed by atoms with E-state index in [9.17, 15) is 9.59 Å². The van der Waals surface area contributed by atoms with Crippen molar-refractivity contribution >= 4 is 5.91 Å². The van der Waals surface area contributed by atoms with Crippen LogP contribution in [0.3, 0.4) is 0 Å². The first-order chi connectivity index (χ1) is 13.2. The summed E-state index contributed by atoms with van der Waals surface area (Å²) in [6.07, 6.45) is 4.43. The molecule has 0 atom stereocenters. The molecule has 1 aliphatic heterocycles. The van der Waals surface area contributed by atoms with E-state index < -0.39 is 0 Å². The average Bonchev–Trinajstić information content (AvgIpc) is 3.44. The van der Waals surface area contributed by atoms with Gasteiger partial charge in [0.05, 0.1) is 12.2 Å². The number of rotatable bonds is 3. The summed E-state index contributed by atoms with van der Waals surface area (Å²) in [6.45, 7) is 0.773.